The van der Waals surface area contributed by atoms with E-state index in [0.717, 1.165) is 46.8 Å². The van der Waals surface area contributed by atoms with Gasteiger partial charge in [-0.25, -0.2) is 9.78 Å². The number of carboxylic acid groups (broad SMARTS) is 1. The Balaban J connectivity index is 1.56. The molecule has 1 heterocycles. The molecule has 0 radical (unpaired) electrons. The summed E-state index contributed by atoms with van der Waals surface area (Å²) in [6, 6.07) is 12.6. The Morgan fingerprint density at radius 3 is 2.59 bits per heavy atom. The van der Waals surface area contributed by atoms with E-state index in [9.17, 15) is 14.7 Å². The van der Waals surface area contributed by atoms with Gasteiger partial charge < -0.3 is 15.2 Å². The van der Waals surface area contributed by atoms with Crippen LogP contribution in [0, 0.1) is 12.8 Å². The van der Waals surface area contributed by atoms with Gasteiger partial charge in [-0.05, 0) is 78.5 Å². The monoisotopic (exact) mass is 578 g/mol. The van der Waals surface area contributed by atoms with Crippen molar-refractivity contribution in [1.29, 1.82) is 0 Å². The summed E-state index contributed by atoms with van der Waals surface area (Å²) in [5, 5.41) is 16.7. The maximum Gasteiger partial charge on any atom is 0.326 e. The molecule has 0 bridgehead atoms. The molecule has 2 aromatic carbocycles. The molecule has 3 aromatic rings. The molecule has 0 aliphatic heterocycles. The van der Waals surface area contributed by atoms with Gasteiger partial charge in [-0.2, -0.15) is 16.9 Å². The first kappa shape index (κ1) is 30.8. The predicted octanol–water partition coefficient (Wildman–Crippen LogP) is 6.35. The summed E-state index contributed by atoms with van der Waals surface area (Å²) >= 11 is 1.55. The highest BCUT2D eigenvalue weighted by atomic mass is 32.2. The number of aliphatic carboxylic acids is 1. The Hall–Kier alpha value is -3.17. The predicted molar refractivity (Wildman–Crippen MR) is 163 cm³/mol. The van der Waals surface area contributed by atoms with Crippen LogP contribution in [-0.4, -0.2) is 49.8 Å². The number of aryl methyl sites for hydroxylation is 2. The van der Waals surface area contributed by atoms with Crippen LogP contribution >= 0.6 is 11.8 Å². The molecule has 1 aliphatic rings. The number of rotatable bonds is 14. The second-order valence-corrected chi connectivity index (χ2v) is 11.9. The van der Waals surface area contributed by atoms with Crippen LogP contribution in [0.4, 0.5) is 0 Å². The molecule has 4 rings (SSSR count). The lowest BCUT2D eigenvalue weighted by Crippen LogP contribution is -2.41. The van der Waals surface area contributed by atoms with Gasteiger partial charge >= 0.3 is 5.97 Å². The van der Waals surface area contributed by atoms with Crippen molar-refractivity contribution in [2.75, 3.05) is 12.0 Å². The van der Waals surface area contributed by atoms with E-state index in [2.05, 4.69) is 15.4 Å². The highest BCUT2D eigenvalue weighted by Gasteiger charge is 2.24. The lowest BCUT2D eigenvalue weighted by molar-refractivity contribution is -0.139. The Morgan fingerprint density at radius 2 is 1.90 bits per heavy atom. The number of nitrogens with zero attached hydrogens (tertiary/aromatic N) is 3. The van der Waals surface area contributed by atoms with Crippen molar-refractivity contribution in [2.24, 2.45) is 13.0 Å². The fraction of sp³-hybridized carbons (Fsp3) is 0.500. The van der Waals surface area contributed by atoms with Gasteiger partial charge in [-0.15, -0.1) is 0 Å². The molecular weight excluding hydrogens is 536 g/mol. The normalized spacial score (nSPS) is 15.4. The molecule has 0 spiro atoms. The highest BCUT2D eigenvalue weighted by Crippen LogP contribution is 2.33. The molecular formula is C32H42N4O4S. The number of carboxylic acids is 1. The van der Waals surface area contributed by atoms with Gasteiger partial charge in [0.25, 0.3) is 5.91 Å². The molecule has 1 amide bonds. The third-order valence-corrected chi connectivity index (χ3v) is 8.67. The summed E-state index contributed by atoms with van der Waals surface area (Å²) in [5.41, 5.74) is 4.09. The molecule has 8 nitrogen and oxygen atoms in total. The van der Waals surface area contributed by atoms with Crippen molar-refractivity contribution >= 4 is 23.6 Å². The number of nitrogens with one attached hydrogen (secondary N) is 1. The number of benzene rings is 2. The summed E-state index contributed by atoms with van der Waals surface area (Å²) in [6.45, 7) is 2.36. The minimum absolute atomic E-state index is 0.179. The van der Waals surface area contributed by atoms with Crippen LogP contribution in [0.25, 0.3) is 11.1 Å². The number of ether oxygens (including phenoxy) is 1. The van der Waals surface area contributed by atoms with Crippen molar-refractivity contribution in [3.8, 4) is 11.1 Å². The molecule has 1 aliphatic carbocycles. The lowest BCUT2D eigenvalue weighted by Gasteiger charge is -2.24. The Labute approximate surface area is 247 Å². The number of carbonyl (C=O) groups excluding carboxylic acids is 1. The quantitative estimate of drug-likeness (QED) is 0.230. The van der Waals surface area contributed by atoms with Gasteiger partial charge in [0, 0.05) is 12.6 Å². The first-order chi connectivity index (χ1) is 19.9. The zero-order valence-electron chi connectivity index (χ0n) is 24.3. The molecule has 0 saturated heterocycles. The summed E-state index contributed by atoms with van der Waals surface area (Å²) in [5.74, 6) is 0.776. The zero-order valence-corrected chi connectivity index (χ0v) is 25.2. The highest BCUT2D eigenvalue weighted by molar-refractivity contribution is 7.98. The minimum Gasteiger partial charge on any atom is -0.480 e. The summed E-state index contributed by atoms with van der Waals surface area (Å²) < 4.78 is 8.29. The average molecular weight is 579 g/mol. The van der Waals surface area contributed by atoms with Crippen molar-refractivity contribution in [2.45, 2.75) is 77.0 Å². The van der Waals surface area contributed by atoms with Gasteiger partial charge in [0.15, 0.2) is 5.82 Å². The summed E-state index contributed by atoms with van der Waals surface area (Å²) in [7, 11) is 1.90. The van der Waals surface area contributed by atoms with E-state index < -0.39 is 17.9 Å². The Bertz CT molecular complexity index is 1300. The van der Waals surface area contributed by atoms with Crippen molar-refractivity contribution < 1.29 is 19.4 Å². The van der Waals surface area contributed by atoms with Gasteiger partial charge in [0.1, 0.15) is 18.5 Å². The van der Waals surface area contributed by atoms with E-state index in [-0.39, 0.29) is 6.10 Å². The van der Waals surface area contributed by atoms with Gasteiger partial charge in [-0.1, -0.05) is 62.4 Å². The molecule has 9 heteroatoms. The van der Waals surface area contributed by atoms with Crippen LogP contribution in [-0.2, 0) is 23.2 Å². The van der Waals surface area contributed by atoms with Crippen LogP contribution < -0.4 is 5.32 Å². The summed E-state index contributed by atoms with van der Waals surface area (Å²) in [6.07, 6.45) is 12.2. The summed E-state index contributed by atoms with van der Waals surface area (Å²) in [4.78, 5) is 29.7. The van der Waals surface area contributed by atoms with E-state index in [1.807, 2.05) is 56.6 Å². The van der Waals surface area contributed by atoms with Crippen LogP contribution in [0.3, 0.4) is 0 Å². The first-order valence-corrected chi connectivity index (χ1v) is 15.9. The third-order valence-electron chi connectivity index (χ3n) is 8.03. The number of amides is 1. The van der Waals surface area contributed by atoms with E-state index in [1.54, 1.807) is 28.8 Å². The molecule has 2 N–H and O–H groups in total. The molecule has 41 heavy (non-hydrogen) atoms. The molecule has 220 valence electrons. The molecule has 1 fully saturated rings. The maximum atomic E-state index is 13.4. The van der Waals surface area contributed by atoms with Crippen molar-refractivity contribution in [3.63, 3.8) is 0 Å². The molecule has 1 saturated carbocycles. The standard InChI is InChI=1S/C32H42N4O4S/c1-22-9-7-8-12-25(22)27-19-24(13-15-26(27)31(37)35-28(32(38)39)17-18-41-3)20-40-29(30-33-21-34-36(30)2)16-14-23-10-5-4-6-11-23/h7-9,12-13,15,19,21,23,28-29H,4-6,10-11,14,16-18,20H2,1-3H3,(H,35,37)(H,38,39)/t28-,29?/m0/s1. The topological polar surface area (TPSA) is 106 Å². The van der Waals surface area contributed by atoms with Gasteiger partial charge in [-0.3, -0.25) is 9.48 Å². The largest absolute Gasteiger partial charge is 0.480 e. The fourth-order valence-electron chi connectivity index (χ4n) is 5.65. The van der Waals surface area contributed by atoms with Gasteiger partial charge in [0.2, 0.25) is 0 Å². The van der Waals surface area contributed by atoms with Crippen LogP contribution in [0.15, 0.2) is 48.8 Å². The van der Waals surface area contributed by atoms with Crippen molar-refractivity contribution in [3.05, 3.63) is 71.3 Å². The maximum absolute atomic E-state index is 13.4. The molecule has 2 atom stereocenters. The fourth-order valence-corrected chi connectivity index (χ4v) is 6.12. The van der Waals surface area contributed by atoms with E-state index in [0.29, 0.717) is 24.3 Å². The number of aromatic nitrogens is 3. The Morgan fingerprint density at radius 1 is 1.12 bits per heavy atom. The number of thioether (sulfide) groups is 1. The average Bonchev–Trinajstić information content (AvgIpc) is 3.41. The van der Waals surface area contributed by atoms with Crippen molar-refractivity contribution in [1.82, 2.24) is 20.1 Å². The Kier molecular flexibility index (Phi) is 11.4. The van der Waals surface area contributed by atoms with Gasteiger partial charge in [0.05, 0.1) is 6.61 Å². The van der Waals surface area contributed by atoms with Crippen LogP contribution in [0.1, 0.15) is 84.8 Å². The van der Waals surface area contributed by atoms with E-state index >= 15 is 0 Å². The van der Waals surface area contributed by atoms with Crippen LogP contribution in [0.2, 0.25) is 0 Å². The minimum atomic E-state index is -1.03. The molecule has 1 unspecified atom stereocenters. The van der Waals surface area contributed by atoms with E-state index in [4.69, 9.17) is 4.74 Å². The second-order valence-electron chi connectivity index (χ2n) is 11.0. The third kappa shape index (κ3) is 8.42. The smallest absolute Gasteiger partial charge is 0.326 e. The first-order valence-electron chi connectivity index (χ1n) is 14.5. The second kappa shape index (κ2) is 15.2. The number of hydrogen-bond donors (Lipinski definition) is 2. The zero-order chi connectivity index (χ0) is 29.2. The lowest BCUT2D eigenvalue weighted by atomic mass is 9.85. The van der Waals surface area contributed by atoms with Crippen LogP contribution in [0.5, 0.6) is 0 Å². The number of hydrogen-bond acceptors (Lipinski definition) is 6. The SMILES string of the molecule is CSCC[C@H](NC(=O)c1ccc(COC(CCC2CCCCC2)c2ncnn2C)cc1-c1ccccc1C)C(=O)O. The number of carbonyl (C=O) groups is 2. The molecule has 1 aromatic heterocycles. The van der Waals surface area contributed by atoms with E-state index in [1.165, 1.54) is 32.1 Å².